The molecule has 40 heavy (non-hydrogen) atoms. The van der Waals surface area contributed by atoms with E-state index < -0.39 is 0 Å². The van der Waals surface area contributed by atoms with Crippen LogP contribution >= 0.6 is 0 Å². The summed E-state index contributed by atoms with van der Waals surface area (Å²) in [7, 11) is 0. The number of fused-ring (bicyclic) bond motifs is 1. The zero-order valence-corrected chi connectivity index (χ0v) is 22.1. The predicted octanol–water partition coefficient (Wildman–Crippen LogP) is 6.34. The quantitative estimate of drug-likeness (QED) is 0.244. The number of amides is 1. The first-order chi connectivity index (χ1) is 19.6. The van der Waals surface area contributed by atoms with Crippen LogP contribution < -0.4 is 10.1 Å². The molecule has 2 N–H and O–H groups in total. The van der Waals surface area contributed by atoms with Crippen molar-refractivity contribution in [1.29, 1.82) is 0 Å². The highest BCUT2D eigenvalue weighted by molar-refractivity contribution is 5.94. The van der Waals surface area contributed by atoms with Crippen molar-refractivity contribution in [2.45, 2.75) is 32.0 Å². The van der Waals surface area contributed by atoms with Gasteiger partial charge in [0.2, 0.25) is 5.88 Å². The summed E-state index contributed by atoms with van der Waals surface area (Å²) in [6.45, 7) is 2.99. The van der Waals surface area contributed by atoms with Crippen molar-refractivity contribution in [1.82, 2.24) is 20.2 Å². The Kier molecular flexibility index (Phi) is 7.55. The maximum atomic E-state index is 13.7. The number of carbonyl (C=O) groups is 1. The smallest absolute Gasteiger partial charge is 0.251 e. The van der Waals surface area contributed by atoms with Crippen LogP contribution in [0.3, 0.4) is 0 Å². The zero-order valence-electron chi connectivity index (χ0n) is 22.1. The summed E-state index contributed by atoms with van der Waals surface area (Å²) in [5.41, 5.74) is 5.80. The number of aromatic nitrogens is 2. The third kappa shape index (κ3) is 6.05. The van der Waals surface area contributed by atoms with Crippen molar-refractivity contribution in [2.75, 3.05) is 13.1 Å². The minimum absolute atomic E-state index is 0.105. The molecule has 2 aromatic heterocycles. The van der Waals surface area contributed by atoms with Gasteiger partial charge in [0.05, 0.1) is 0 Å². The van der Waals surface area contributed by atoms with Crippen LogP contribution in [-0.2, 0) is 13.1 Å². The maximum Gasteiger partial charge on any atom is 0.251 e. The molecule has 1 aliphatic rings. The Morgan fingerprint density at radius 1 is 0.975 bits per heavy atom. The van der Waals surface area contributed by atoms with E-state index >= 15 is 0 Å². The summed E-state index contributed by atoms with van der Waals surface area (Å²) >= 11 is 0. The van der Waals surface area contributed by atoms with Crippen LogP contribution in [0.15, 0.2) is 97.3 Å². The van der Waals surface area contributed by atoms with Gasteiger partial charge in [-0.25, -0.2) is 9.37 Å². The normalized spacial score (nSPS) is 14.3. The maximum absolute atomic E-state index is 13.7. The lowest BCUT2D eigenvalue weighted by Crippen LogP contribution is -2.37. The molecule has 0 atom stereocenters. The molecule has 6 rings (SSSR count). The number of pyridine rings is 1. The van der Waals surface area contributed by atoms with Gasteiger partial charge in [-0.15, -0.1) is 0 Å². The molecule has 5 aromatic rings. The van der Waals surface area contributed by atoms with Gasteiger partial charge in [0, 0.05) is 61.1 Å². The van der Waals surface area contributed by atoms with Gasteiger partial charge in [-0.3, -0.25) is 9.69 Å². The second-order valence-corrected chi connectivity index (χ2v) is 10.2. The van der Waals surface area contributed by atoms with Crippen molar-refractivity contribution < 1.29 is 13.9 Å². The van der Waals surface area contributed by atoms with Crippen LogP contribution in [0, 0.1) is 5.82 Å². The van der Waals surface area contributed by atoms with Gasteiger partial charge in [-0.2, -0.15) is 0 Å². The summed E-state index contributed by atoms with van der Waals surface area (Å²) in [6.07, 6.45) is 5.63. The molecule has 0 bridgehead atoms. The Morgan fingerprint density at radius 2 is 1.75 bits per heavy atom. The molecule has 0 saturated carbocycles. The minimum Gasteiger partial charge on any atom is -0.474 e. The number of halogens is 1. The average molecular weight is 535 g/mol. The lowest BCUT2D eigenvalue weighted by atomic mass is 10.0. The molecule has 3 aromatic carbocycles. The Labute approximate surface area is 232 Å². The van der Waals surface area contributed by atoms with Gasteiger partial charge in [0.15, 0.2) is 0 Å². The van der Waals surface area contributed by atoms with Gasteiger partial charge < -0.3 is 15.0 Å². The highest BCUT2D eigenvalue weighted by atomic mass is 19.1. The van der Waals surface area contributed by atoms with Crippen LogP contribution in [0.1, 0.15) is 34.3 Å². The number of carbonyl (C=O) groups excluding carboxylic acids is 1. The van der Waals surface area contributed by atoms with E-state index in [4.69, 9.17) is 4.74 Å². The highest BCUT2D eigenvalue weighted by Crippen LogP contribution is 2.24. The molecule has 0 unspecified atom stereocenters. The van der Waals surface area contributed by atoms with Gasteiger partial charge in [0.1, 0.15) is 11.9 Å². The molecular weight excluding hydrogens is 503 g/mol. The van der Waals surface area contributed by atoms with E-state index in [1.54, 1.807) is 18.3 Å². The predicted molar refractivity (Wildman–Crippen MR) is 154 cm³/mol. The number of hydrogen-bond acceptors (Lipinski definition) is 4. The number of benzene rings is 3. The first-order valence-electron chi connectivity index (χ1n) is 13.6. The Hall–Kier alpha value is -4.49. The standard InChI is InChI=1S/C33H31FN4O2/c34-28-11-12-31-30(18-28)27(21-35-31)22-38-16-14-29(15-17-38)40-32-13-6-23(19-36-32)20-37-33(39)26-9-7-25(8-10-26)24-4-2-1-3-5-24/h1-13,18-19,21,29,35H,14-17,20,22H2,(H,37,39). The average Bonchev–Trinajstić information content (AvgIpc) is 3.39. The van der Waals surface area contributed by atoms with Crippen LogP contribution in [0.4, 0.5) is 4.39 Å². The number of nitrogens with one attached hydrogen (secondary N) is 2. The lowest BCUT2D eigenvalue weighted by Gasteiger charge is -2.31. The first-order valence-corrected chi connectivity index (χ1v) is 13.6. The number of rotatable bonds is 8. The van der Waals surface area contributed by atoms with E-state index in [1.165, 1.54) is 6.07 Å². The Morgan fingerprint density at radius 3 is 2.50 bits per heavy atom. The van der Waals surface area contributed by atoms with Crippen molar-refractivity contribution in [2.24, 2.45) is 0 Å². The largest absolute Gasteiger partial charge is 0.474 e. The van der Waals surface area contributed by atoms with Crippen molar-refractivity contribution in [3.8, 4) is 17.0 Å². The summed E-state index contributed by atoms with van der Waals surface area (Å²) in [5, 5.41) is 3.91. The summed E-state index contributed by atoms with van der Waals surface area (Å²) in [5.74, 6) is 0.261. The second kappa shape index (κ2) is 11.7. The zero-order chi connectivity index (χ0) is 27.3. The van der Waals surface area contributed by atoms with E-state index in [-0.39, 0.29) is 17.8 Å². The van der Waals surface area contributed by atoms with E-state index in [9.17, 15) is 9.18 Å². The van der Waals surface area contributed by atoms with Gasteiger partial charge in [-0.05, 0) is 65.4 Å². The van der Waals surface area contributed by atoms with E-state index in [0.29, 0.717) is 18.0 Å². The molecule has 0 aliphatic carbocycles. The molecule has 6 nitrogen and oxygen atoms in total. The number of H-pyrrole nitrogens is 1. The summed E-state index contributed by atoms with van der Waals surface area (Å²) in [4.78, 5) is 22.7. The van der Waals surface area contributed by atoms with Crippen LogP contribution in [0.25, 0.3) is 22.0 Å². The van der Waals surface area contributed by atoms with E-state index in [0.717, 1.165) is 65.6 Å². The third-order valence-corrected chi connectivity index (χ3v) is 7.45. The van der Waals surface area contributed by atoms with Crippen molar-refractivity contribution in [3.05, 3.63) is 120 Å². The number of likely N-dealkylation sites (tertiary alicyclic amines) is 1. The number of nitrogens with zero attached hydrogens (tertiary/aromatic N) is 2. The fourth-order valence-electron chi connectivity index (χ4n) is 5.19. The number of piperidine rings is 1. The fourth-order valence-corrected chi connectivity index (χ4v) is 5.19. The number of hydrogen-bond donors (Lipinski definition) is 2. The van der Waals surface area contributed by atoms with Crippen LogP contribution in [-0.4, -0.2) is 40.0 Å². The molecule has 1 saturated heterocycles. The SMILES string of the molecule is O=C(NCc1ccc(OC2CCN(Cc3c[nH]c4ccc(F)cc34)CC2)nc1)c1ccc(-c2ccccc2)cc1. The molecular formula is C33H31FN4O2. The third-order valence-electron chi connectivity index (χ3n) is 7.45. The van der Waals surface area contributed by atoms with E-state index in [2.05, 4.69) is 32.3 Å². The lowest BCUT2D eigenvalue weighted by molar-refractivity contribution is 0.0934. The monoisotopic (exact) mass is 534 g/mol. The van der Waals surface area contributed by atoms with Crippen molar-refractivity contribution >= 4 is 16.8 Å². The molecule has 3 heterocycles. The van der Waals surface area contributed by atoms with Gasteiger partial charge in [0.25, 0.3) is 5.91 Å². The topological polar surface area (TPSA) is 70.2 Å². The summed E-state index contributed by atoms with van der Waals surface area (Å²) in [6, 6.07) is 26.4. The molecule has 1 amide bonds. The van der Waals surface area contributed by atoms with Crippen molar-refractivity contribution in [3.63, 3.8) is 0 Å². The second-order valence-electron chi connectivity index (χ2n) is 10.2. The first kappa shape index (κ1) is 25.8. The van der Waals surface area contributed by atoms with Gasteiger partial charge in [-0.1, -0.05) is 48.5 Å². The highest BCUT2D eigenvalue weighted by Gasteiger charge is 2.22. The molecule has 0 radical (unpaired) electrons. The Bertz CT molecular complexity index is 1580. The number of ether oxygens (including phenoxy) is 1. The fraction of sp³-hybridized carbons (Fsp3) is 0.212. The molecule has 1 fully saturated rings. The molecule has 202 valence electrons. The molecule has 7 heteroatoms. The number of aromatic amines is 1. The van der Waals surface area contributed by atoms with Crippen LogP contribution in [0.5, 0.6) is 5.88 Å². The van der Waals surface area contributed by atoms with Crippen LogP contribution in [0.2, 0.25) is 0 Å². The summed E-state index contributed by atoms with van der Waals surface area (Å²) < 4.78 is 19.8. The Balaban J connectivity index is 0.958. The molecule has 1 aliphatic heterocycles. The van der Waals surface area contributed by atoms with Gasteiger partial charge >= 0.3 is 0 Å². The van der Waals surface area contributed by atoms with E-state index in [1.807, 2.05) is 60.8 Å². The molecule has 0 spiro atoms. The minimum atomic E-state index is -0.213.